The zero-order chi connectivity index (χ0) is 12.3. The Bertz CT molecular complexity index is 382. The number of halogens is 2. The van der Waals surface area contributed by atoms with Crippen LogP contribution >= 0.6 is 0 Å². The van der Waals surface area contributed by atoms with Gasteiger partial charge >= 0.3 is 0 Å². The summed E-state index contributed by atoms with van der Waals surface area (Å²) in [6.45, 7) is 2.15. The number of rotatable bonds is 2. The van der Waals surface area contributed by atoms with Crippen LogP contribution in [0, 0.1) is 11.6 Å². The van der Waals surface area contributed by atoms with E-state index in [1.807, 2.05) is 0 Å². The van der Waals surface area contributed by atoms with Crippen molar-refractivity contribution in [2.45, 2.75) is 25.3 Å². The molecular weight excluding hydrogens is 222 g/mol. The minimum absolute atomic E-state index is 0.352. The van der Waals surface area contributed by atoms with Gasteiger partial charge in [-0.25, -0.2) is 8.78 Å². The Balaban J connectivity index is 1.97. The predicted molar refractivity (Wildman–Crippen MR) is 65.1 cm³/mol. The first-order valence-electron chi connectivity index (χ1n) is 6.05. The third-order valence-electron chi connectivity index (χ3n) is 3.24. The molecule has 17 heavy (non-hydrogen) atoms. The second-order valence-electron chi connectivity index (χ2n) is 4.70. The molecule has 0 aromatic heterocycles. The van der Waals surface area contributed by atoms with Crippen molar-refractivity contribution in [2.75, 3.05) is 25.5 Å². The molecule has 1 aliphatic rings. The van der Waals surface area contributed by atoms with Gasteiger partial charge in [0.05, 0.1) is 0 Å². The molecular formula is C13H18F2N2. The molecule has 1 saturated heterocycles. The molecule has 1 aromatic carbocycles. The lowest BCUT2D eigenvalue weighted by molar-refractivity contribution is 0.348. The van der Waals surface area contributed by atoms with Gasteiger partial charge in [-0.3, -0.25) is 0 Å². The Hall–Kier alpha value is -1.16. The van der Waals surface area contributed by atoms with Gasteiger partial charge in [0.25, 0.3) is 0 Å². The van der Waals surface area contributed by atoms with E-state index in [0.29, 0.717) is 11.7 Å². The molecule has 1 unspecified atom stereocenters. The predicted octanol–water partition coefficient (Wildman–Crippen LogP) is 2.86. The summed E-state index contributed by atoms with van der Waals surface area (Å²) in [6, 6.07) is 4.34. The zero-order valence-corrected chi connectivity index (χ0v) is 10.0. The van der Waals surface area contributed by atoms with E-state index >= 15 is 0 Å². The Labute approximate surface area is 101 Å². The average molecular weight is 240 g/mol. The third kappa shape index (κ3) is 3.40. The van der Waals surface area contributed by atoms with Gasteiger partial charge < -0.3 is 10.2 Å². The average Bonchev–Trinajstić information content (AvgIpc) is 2.49. The molecule has 0 amide bonds. The van der Waals surface area contributed by atoms with Crippen molar-refractivity contribution in [3.8, 4) is 0 Å². The third-order valence-corrected chi connectivity index (χ3v) is 3.24. The topological polar surface area (TPSA) is 15.3 Å². The molecule has 4 heteroatoms. The van der Waals surface area contributed by atoms with Crippen LogP contribution in [0.3, 0.4) is 0 Å². The smallest absolute Gasteiger partial charge is 0.160 e. The van der Waals surface area contributed by atoms with E-state index in [-0.39, 0.29) is 0 Å². The molecule has 94 valence electrons. The van der Waals surface area contributed by atoms with E-state index in [0.717, 1.165) is 32.4 Å². The van der Waals surface area contributed by atoms with Crippen molar-refractivity contribution >= 4 is 5.69 Å². The summed E-state index contributed by atoms with van der Waals surface area (Å²) in [4.78, 5) is 2.30. The van der Waals surface area contributed by atoms with E-state index in [1.54, 1.807) is 6.07 Å². The van der Waals surface area contributed by atoms with E-state index in [1.165, 1.54) is 12.1 Å². The second-order valence-corrected chi connectivity index (χ2v) is 4.70. The van der Waals surface area contributed by atoms with Crippen molar-refractivity contribution in [2.24, 2.45) is 0 Å². The van der Waals surface area contributed by atoms with Gasteiger partial charge in [-0.2, -0.15) is 0 Å². The van der Waals surface area contributed by atoms with Crippen LogP contribution in [-0.4, -0.2) is 31.1 Å². The number of likely N-dealkylation sites (tertiary alicyclic amines) is 1. The van der Waals surface area contributed by atoms with Crippen molar-refractivity contribution < 1.29 is 8.78 Å². The quantitative estimate of drug-likeness (QED) is 0.855. The van der Waals surface area contributed by atoms with Gasteiger partial charge in [-0.15, -0.1) is 0 Å². The minimum Gasteiger partial charge on any atom is -0.382 e. The maximum atomic E-state index is 13.1. The number of nitrogens with one attached hydrogen (secondary N) is 1. The van der Waals surface area contributed by atoms with Crippen molar-refractivity contribution in [1.29, 1.82) is 0 Å². The summed E-state index contributed by atoms with van der Waals surface area (Å²) in [7, 11) is 2.11. The fourth-order valence-electron chi connectivity index (χ4n) is 2.21. The summed E-state index contributed by atoms with van der Waals surface area (Å²) in [6.07, 6.45) is 3.25. The highest BCUT2D eigenvalue weighted by Crippen LogP contribution is 2.18. The number of hydrogen-bond donors (Lipinski definition) is 1. The number of nitrogens with zero attached hydrogens (tertiary/aromatic N) is 1. The molecule has 1 aromatic rings. The van der Waals surface area contributed by atoms with Crippen LogP contribution in [0.2, 0.25) is 0 Å². The lowest BCUT2D eigenvalue weighted by Crippen LogP contribution is -2.23. The van der Waals surface area contributed by atoms with Crippen molar-refractivity contribution in [1.82, 2.24) is 4.90 Å². The summed E-state index contributed by atoms with van der Waals surface area (Å²) < 4.78 is 25.8. The summed E-state index contributed by atoms with van der Waals surface area (Å²) in [5.74, 6) is -1.59. The van der Waals surface area contributed by atoms with Crippen LogP contribution in [0.15, 0.2) is 18.2 Å². The van der Waals surface area contributed by atoms with Crippen molar-refractivity contribution in [3.63, 3.8) is 0 Å². The van der Waals surface area contributed by atoms with Gasteiger partial charge in [0.15, 0.2) is 11.6 Å². The van der Waals surface area contributed by atoms with Gasteiger partial charge in [0.2, 0.25) is 0 Å². The summed E-state index contributed by atoms with van der Waals surface area (Å²) in [5, 5.41) is 3.28. The maximum Gasteiger partial charge on any atom is 0.160 e. The molecule has 0 spiro atoms. The molecule has 1 N–H and O–H groups in total. The SMILES string of the molecule is CN1CCCC(Nc2ccc(F)c(F)c2)CC1. The molecule has 0 radical (unpaired) electrons. The number of anilines is 1. The molecule has 0 aliphatic carbocycles. The fraction of sp³-hybridized carbons (Fsp3) is 0.538. The Kier molecular flexibility index (Phi) is 3.94. The molecule has 1 heterocycles. The van der Waals surface area contributed by atoms with E-state index < -0.39 is 11.6 Å². The van der Waals surface area contributed by atoms with Gasteiger partial charge in [0, 0.05) is 17.8 Å². The first kappa shape index (κ1) is 12.3. The van der Waals surface area contributed by atoms with Crippen LogP contribution in [0.1, 0.15) is 19.3 Å². The van der Waals surface area contributed by atoms with E-state index in [4.69, 9.17) is 0 Å². The lowest BCUT2D eigenvalue weighted by atomic mass is 10.1. The minimum atomic E-state index is -0.795. The van der Waals surface area contributed by atoms with E-state index in [9.17, 15) is 8.78 Å². The van der Waals surface area contributed by atoms with Crippen LogP contribution in [0.25, 0.3) is 0 Å². The second kappa shape index (κ2) is 5.45. The van der Waals surface area contributed by atoms with Gasteiger partial charge in [-0.05, 0) is 51.5 Å². The van der Waals surface area contributed by atoms with Crippen LogP contribution in [-0.2, 0) is 0 Å². The van der Waals surface area contributed by atoms with Gasteiger partial charge in [0.1, 0.15) is 0 Å². The molecule has 1 atom stereocenters. The van der Waals surface area contributed by atoms with Crippen LogP contribution in [0.4, 0.5) is 14.5 Å². The van der Waals surface area contributed by atoms with E-state index in [2.05, 4.69) is 17.3 Å². The lowest BCUT2D eigenvalue weighted by Gasteiger charge is -2.18. The Morgan fingerprint density at radius 1 is 1.18 bits per heavy atom. The first-order chi connectivity index (χ1) is 8.15. The Morgan fingerprint density at radius 3 is 2.76 bits per heavy atom. The monoisotopic (exact) mass is 240 g/mol. The zero-order valence-electron chi connectivity index (χ0n) is 10.0. The summed E-state index contributed by atoms with van der Waals surface area (Å²) >= 11 is 0. The standard InChI is InChI=1S/C13H18F2N2/c1-17-7-2-3-10(6-8-17)16-11-4-5-12(14)13(15)9-11/h4-5,9-10,16H,2-3,6-8H2,1H3. The molecule has 1 aliphatic heterocycles. The van der Waals surface area contributed by atoms with Gasteiger partial charge in [-0.1, -0.05) is 0 Å². The summed E-state index contributed by atoms with van der Waals surface area (Å²) in [5.41, 5.74) is 0.665. The van der Waals surface area contributed by atoms with Crippen molar-refractivity contribution in [3.05, 3.63) is 29.8 Å². The molecule has 0 saturated carbocycles. The maximum absolute atomic E-state index is 13.1. The largest absolute Gasteiger partial charge is 0.382 e. The number of benzene rings is 1. The Morgan fingerprint density at radius 2 is 2.00 bits per heavy atom. The molecule has 0 bridgehead atoms. The molecule has 2 nitrogen and oxygen atoms in total. The van der Waals surface area contributed by atoms with Crippen LogP contribution < -0.4 is 5.32 Å². The number of hydrogen-bond acceptors (Lipinski definition) is 2. The highest BCUT2D eigenvalue weighted by atomic mass is 19.2. The fourth-order valence-corrected chi connectivity index (χ4v) is 2.21. The first-order valence-corrected chi connectivity index (χ1v) is 6.05. The highest BCUT2D eigenvalue weighted by molar-refractivity contribution is 5.44. The molecule has 1 fully saturated rings. The van der Waals surface area contributed by atoms with Crippen LogP contribution in [0.5, 0.6) is 0 Å². The highest BCUT2D eigenvalue weighted by Gasteiger charge is 2.14. The normalized spacial score (nSPS) is 22.2. The molecule has 2 rings (SSSR count).